The third-order valence-corrected chi connectivity index (χ3v) is 21.4. The van der Waals surface area contributed by atoms with Crippen LogP contribution in [0.5, 0.6) is 0 Å². The van der Waals surface area contributed by atoms with E-state index in [4.69, 9.17) is 27.3 Å². The standard InChI is InChI=1S/C28H42Cl2F2OSi2/c1-19(25-21(29)13-11-15-23(25)31)17-34(9,27(3,4)5)33-35(10,28(6,7)8)18-20(2)26-22(30)14-12-16-24(26)32/h11-16,19-20H,17-18H2,1-10H3. The molecule has 35 heavy (non-hydrogen) atoms. The zero-order chi connectivity index (χ0) is 27.0. The van der Waals surface area contributed by atoms with Crippen LogP contribution in [-0.4, -0.2) is 16.6 Å². The van der Waals surface area contributed by atoms with Gasteiger partial charge < -0.3 is 4.12 Å². The van der Waals surface area contributed by atoms with Crippen molar-refractivity contribution in [2.75, 3.05) is 0 Å². The zero-order valence-corrected chi connectivity index (χ0v) is 26.5. The fourth-order valence-electron chi connectivity index (χ4n) is 4.83. The Labute approximate surface area is 223 Å². The lowest BCUT2D eigenvalue weighted by atomic mass is 10.0. The second-order valence-corrected chi connectivity index (χ2v) is 22.9. The van der Waals surface area contributed by atoms with Crippen molar-refractivity contribution in [1.29, 1.82) is 0 Å². The predicted octanol–water partition coefficient (Wildman–Crippen LogP) is 10.9. The molecule has 2 rings (SSSR count). The van der Waals surface area contributed by atoms with Gasteiger partial charge in [-0.05, 0) is 71.4 Å². The van der Waals surface area contributed by atoms with E-state index in [1.165, 1.54) is 12.1 Å². The van der Waals surface area contributed by atoms with Crippen LogP contribution in [0.3, 0.4) is 0 Å². The Morgan fingerprint density at radius 2 is 1.03 bits per heavy atom. The van der Waals surface area contributed by atoms with Crippen molar-refractivity contribution in [2.45, 2.75) is 102 Å². The number of benzene rings is 2. The molecule has 2 aromatic carbocycles. The molecule has 0 heterocycles. The van der Waals surface area contributed by atoms with Gasteiger partial charge in [0.15, 0.2) is 16.6 Å². The van der Waals surface area contributed by atoms with Crippen LogP contribution in [0.15, 0.2) is 36.4 Å². The highest BCUT2D eigenvalue weighted by Gasteiger charge is 2.52. The summed E-state index contributed by atoms with van der Waals surface area (Å²) >= 11 is 12.9. The number of rotatable bonds is 8. The van der Waals surface area contributed by atoms with Gasteiger partial charge in [-0.15, -0.1) is 0 Å². The highest BCUT2D eigenvalue weighted by atomic mass is 35.5. The first kappa shape index (κ1) is 30.5. The smallest absolute Gasteiger partial charge is 0.182 e. The van der Waals surface area contributed by atoms with Gasteiger partial charge >= 0.3 is 0 Å². The molecule has 4 unspecified atom stereocenters. The Morgan fingerprint density at radius 1 is 0.714 bits per heavy atom. The van der Waals surface area contributed by atoms with E-state index in [1.54, 1.807) is 24.3 Å². The maximum Gasteiger partial charge on any atom is 0.182 e. The van der Waals surface area contributed by atoms with Gasteiger partial charge in [0.1, 0.15) is 11.6 Å². The highest BCUT2D eigenvalue weighted by molar-refractivity contribution is 6.88. The summed E-state index contributed by atoms with van der Waals surface area (Å²) in [6.45, 7) is 22.0. The molecule has 196 valence electrons. The summed E-state index contributed by atoms with van der Waals surface area (Å²) in [5, 5.41) is 0.720. The molecule has 0 bridgehead atoms. The van der Waals surface area contributed by atoms with E-state index < -0.39 is 16.6 Å². The second kappa shape index (κ2) is 10.9. The van der Waals surface area contributed by atoms with Crippen molar-refractivity contribution >= 4 is 39.8 Å². The van der Waals surface area contributed by atoms with E-state index in [1.807, 2.05) is 13.8 Å². The third kappa shape index (κ3) is 6.78. The van der Waals surface area contributed by atoms with Gasteiger partial charge in [-0.2, -0.15) is 0 Å². The molecule has 2 aromatic rings. The number of hydrogen-bond donors (Lipinski definition) is 0. The summed E-state index contributed by atoms with van der Waals surface area (Å²) < 4.78 is 37.0. The lowest BCUT2D eigenvalue weighted by molar-refractivity contribution is 0.421. The summed E-state index contributed by atoms with van der Waals surface area (Å²) in [5.74, 6) is -0.713. The lowest BCUT2D eigenvalue weighted by Crippen LogP contribution is -2.57. The number of halogens is 4. The molecule has 0 saturated carbocycles. The first-order valence-electron chi connectivity index (χ1n) is 12.4. The highest BCUT2D eigenvalue weighted by Crippen LogP contribution is 2.52. The average Bonchev–Trinajstić information content (AvgIpc) is 2.65. The Balaban J connectivity index is 2.49. The molecule has 0 radical (unpaired) electrons. The van der Waals surface area contributed by atoms with E-state index in [0.29, 0.717) is 21.2 Å². The van der Waals surface area contributed by atoms with Gasteiger partial charge in [0.25, 0.3) is 0 Å². The Morgan fingerprint density at radius 3 is 1.29 bits per heavy atom. The molecule has 0 aromatic heterocycles. The molecule has 0 fully saturated rings. The first-order chi connectivity index (χ1) is 15.8. The van der Waals surface area contributed by atoms with Gasteiger partial charge in [0, 0.05) is 21.2 Å². The Kier molecular flexibility index (Phi) is 9.54. The summed E-state index contributed by atoms with van der Waals surface area (Å²) in [6, 6.07) is 11.2. The van der Waals surface area contributed by atoms with Crippen LogP contribution in [0, 0.1) is 11.6 Å². The molecule has 0 aliphatic rings. The van der Waals surface area contributed by atoms with Crippen LogP contribution in [0.25, 0.3) is 0 Å². The summed E-state index contributed by atoms with van der Waals surface area (Å²) in [4.78, 5) is 0. The van der Waals surface area contributed by atoms with Crippen LogP contribution in [-0.2, 0) is 4.12 Å². The topological polar surface area (TPSA) is 9.23 Å². The normalized spacial score (nSPS) is 18.0. The molecule has 7 heteroatoms. The summed E-state index contributed by atoms with van der Waals surface area (Å²) in [7, 11) is -4.95. The third-order valence-electron chi connectivity index (χ3n) is 8.00. The largest absolute Gasteiger partial charge is 0.454 e. The zero-order valence-electron chi connectivity index (χ0n) is 23.0. The molecule has 0 N–H and O–H groups in total. The number of hydrogen-bond acceptors (Lipinski definition) is 1. The molecular formula is C28H42Cl2F2OSi2. The van der Waals surface area contributed by atoms with Crippen LogP contribution >= 0.6 is 23.2 Å². The van der Waals surface area contributed by atoms with Crippen LogP contribution in [0.2, 0.25) is 45.3 Å². The predicted molar refractivity (Wildman–Crippen MR) is 153 cm³/mol. The molecule has 0 spiro atoms. The van der Waals surface area contributed by atoms with E-state index >= 15 is 0 Å². The monoisotopic (exact) mass is 558 g/mol. The van der Waals surface area contributed by atoms with Crippen molar-refractivity contribution in [1.82, 2.24) is 0 Å². The van der Waals surface area contributed by atoms with Crippen LogP contribution in [0.4, 0.5) is 8.78 Å². The fraction of sp³-hybridized carbons (Fsp3) is 0.571. The maximum atomic E-state index is 14.8. The van der Waals surface area contributed by atoms with E-state index in [9.17, 15) is 8.78 Å². The van der Waals surface area contributed by atoms with Crippen molar-refractivity contribution in [2.24, 2.45) is 0 Å². The van der Waals surface area contributed by atoms with Crippen molar-refractivity contribution in [3.63, 3.8) is 0 Å². The van der Waals surface area contributed by atoms with Gasteiger partial charge in [-0.3, -0.25) is 0 Å². The van der Waals surface area contributed by atoms with Crippen molar-refractivity contribution in [3.05, 3.63) is 69.2 Å². The van der Waals surface area contributed by atoms with Gasteiger partial charge in [0.05, 0.1) is 0 Å². The van der Waals surface area contributed by atoms with E-state index in [0.717, 1.165) is 12.1 Å². The molecule has 0 aliphatic heterocycles. The SMILES string of the molecule is CC(C[Si](C)(O[Si](C)(CC(C)c1c(F)cccc1Cl)C(C)(C)C)C(C)(C)C)c1c(F)cccc1Cl. The minimum Gasteiger partial charge on any atom is -0.454 e. The first-order valence-corrected chi connectivity index (χ1v) is 18.4. The average molecular weight is 560 g/mol. The van der Waals surface area contributed by atoms with E-state index in [-0.39, 0.29) is 33.5 Å². The van der Waals surface area contributed by atoms with Gasteiger partial charge in [0.2, 0.25) is 0 Å². The summed E-state index contributed by atoms with van der Waals surface area (Å²) in [6.07, 6.45) is 0. The molecule has 0 amide bonds. The van der Waals surface area contributed by atoms with Gasteiger partial charge in [-0.25, -0.2) is 8.78 Å². The van der Waals surface area contributed by atoms with Gasteiger partial charge in [-0.1, -0.05) is 90.7 Å². The van der Waals surface area contributed by atoms with E-state index in [2.05, 4.69) is 54.6 Å². The Hall–Kier alpha value is -0.726. The molecule has 0 saturated heterocycles. The minimum absolute atomic E-state index is 0.0868. The fourth-order valence-corrected chi connectivity index (χ4v) is 16.6. The second-order valence-electron chi connectivity index (χ2n) is 12.5. The van der Waals surface area contributed by atoms with Crippen molar-refractivity contribution in [3.8, 4) is 0 Å². The van der Waals surface area contributed by atoms with Crippen LogP contribution in [0.1, 0.15) is 78.4 Å². The maximum absolute atomic E-state index is 14.8. The lowest BCUT2D eigenvalue weighted by Gasteiger charge is -2.52. The Bertz CT molecular complexity index is 913. The van der Waals surface area contributed by atoms with Crippen LogP contribution < -0.4 is 0 Å². The summed E-state index contributed by atoms with van der Waals surface area (Å²) in [5.41, 5.74) is 1.12. The molecule has 4 atom stereocenters. The quantitative estimate of drug-likeness (QED) is 0.292. The molecule has 1 nitrogen and oxygen atoms in total. The molecular weight excluding hydrogens is 517 g/mol. The minimum atomic E-state index is -2.47. The molecule has 0 aliphatic carbocycles. The van der Waals surface area contributed by atoms with Crippen molar-refractivity contribution < 1.29 is 12.9 Å².